The van der Waals surface area contributed by atoms with Crippen LogP contribution in [-0.2, 0) is 26.0 Å². The molecule has 8 heteroatoms. The number of rotatable bonds is 10. The summed E-state index contributed by atoms with van der Waals surface area (Å²) in [6, 6.07) is 3.27. The van der Waals surface area contributed by atoms with Crippen molar-refractivity contribution in [3.05, 3.63) is 23.9 Å². The smallest absolute Gasteiger partial charge is 0.260 e. The molecular formula is C13H23N3O4S. The highest BCUT2D eigenvalue weighted by Gasteiger charge is 2.25. The lowest BCUT2D eigenvalue weighted by Gasteiger charge is -2.21. The predicted molar refractivity (Wildman–Crippen MR) is 79.5 cm³/mol. The zero-order chi connectivity index (χ0) is 15.7. The lowest BCUT2D eigenvalue weighted by Crippen LogP contribution is -2.36. The first kappa shape index (κ1) is 18.0. The Labute approximate surface area is 126 Å². The Hall–Kier alpha value is -1.06. The average Bonchev–Trinajstić information content (AvgIpc) is 2.48. The summed E-state index contributed by atoms with van der Waals surface area (Å²) >= 11 is 0. The van der Waals surface area contributed by atoms with E-state index in [1.807, 2.05) is 7.05 Å². The van der Waals surface area contributed by atoms with Gasteiger partial charge in [0.1, 0.15) is 0 Å². The Morgan fingerprint density at radius 1 is 1.19 bits per heavy atom. The molecule has 1 rings (SSSR count). The van der Waals surface area contributed by atoms with Gasteiger partial charge in [-0.25, -0.2) is 13.4 Å². The van der Waals surface area contributed by atoms with Crippen LogP contribution in [0.3, 0.4) is 0 Å². The fourth-order valence-corrected chi connectivity index (χ4v) is 3.06. The molecule has 0 atom stereocenters. The van der Waals surface area contributed by atoms with E-state index in [2.05, 4.69) is 10.3 Å². The van der Waals surface area contributed by atoms with Crippen molar-refractivity contribution < 1.29 is 17.9 Å². The second kappa shape index (κ2) is 9.06. The second-order valence-corrected chi connectivity index (χ2v) is 6.31. The lowest BCUT2D eigenvalue weighted by molar-refractivity contribution is 0.150. The molecule has 0 saturated heterocycles. The van der Waals surface area contributed by atoms with Crippen LogP contribution in [0, 0.1) is 0 Å². The van der Waals surface area contributed by atoms with Gasteiger partial charge < -0.3 is 14.8 Å². The summed E-state index contributed by atoms with van der Waals surface area (Å²) in [4.78, 5) is 4.05. The van der Waals surface area contributed by atoms with Crippen molar-refractivity contribution >= 4 is 10.0 Å². The molecule has 7 nitrogen and oxygen atoms in total. The van der Waals surface area contributed by atoms with Crippen molar-refractivity contribution in [3.8, 4) is 0 Å². The quantitative estimate of drug-likeness (QED) is 0.658. The van der Waals surface area contributed by atoms with E-state index in [4.69, 9.17) is 9.47 Å². The van der Waals surface area contributed by atoms with E-state index in [9.17, 15) is 8.42 Å². The molecule has 0 radical (unpaired) electrons. The third-order valence-corrected chi connectivity index (χ3v) is 4.69. The molecule has 0 spiro atoms. The highest BCUT2D eigenvalue weighted by Crippen LogP contribution is 2.13. The molecule has 0 aliphatic heterocycles. The van der Waals surface area contributed by atoms with Crippen molar-refractivity contribution in [2.45, 2.75) is 11.6 Å². The van der Waals surface area contributed by atoms with Crippen molar-refractivity contribution in [1.82, 2.24) is 14.6 Å². The van der Waals surface area contributed by atoms with E-state index in [1.54, 1.807) is 12.3 Å². The van der Waals surface area contributed by atoms with E-state index < -0.39 is 10.0 Å². The molecule has 0 aliphatic rings. The minimum atomic E-state index is -3.64. The van der Waals surface area contributed by atoms with Crippen LogP contribution < -0.4 is 5.32 Å². The molecule has 1 N–H and O–H groups in total. The number of ether oxygens (including phenoxy) is 2. The van der Waals surface area contributed by atoms with Crippen molar-refractivity contribution in [2.24, 2.45) is 0 Å². The fraction of sp³-hybridized carbons (Fsp3) is 0.615. The topological polar surface area (TPSA) is 80.8 Å². The highest BCUT2D eigenvalue weighted by molar-refractivity contribution is 7.89. The van der Waals surface area contributed by atoms with Crippen LogP contribution in [0.25, 0.3) is 0 Å². The molecular weight excluding hydrogens is 294 g/mol. The fourth-order valence-electron chi connectivity index (χ4n) is 1.74. The van der Waals surface area contributed by atoms with E-state index in [0.717, 1.165) is 5.56 Å². The van der Waals surface area contributed by atoms with Gasteiger partial charge in [-0.15, -0.1) is 0 Å². The molecule has 0 aromatic carbocycles. The molecule has 21 heavy (non-hydrogen) atoms. The van der Waals surface area contributed by atoms with Crippen molar-refractivity contribution in [3.63, 3.8) is 0 Å². The van der Waals surface area contributed by atoms with Crippen LogP contribution in [0.4, 0.5) is 0 Å². The summed E-state index contributed by atoms with van der Waals surface area (Å²) in [6.07, 6.45) is 1.56. The van der Waals surface area contributed by atoms with Crippen LogP contribution in [0.2, 0.25) is 0 Å². The zero-order valence-corrected chi connectivity index (χ0v) is 13.5. The Kier molecular flexibility index (Phi) is 7.76. The maximum Gasteiger partial charge on any atom is 0.260 e. The number of methoxy groups -OCH3 is 2. The molecule has 120 valence electrons. The van der Waals surface area contributed by atoms with Gasteiger partial charge >= 0.3 is 0 Å². The van der Waals surface area contributed by atoms with Crippen LogP contribution in [0.15, 0.2) is 23.4 Å². The number of aromatic nitrogens is 1. The van der Waals surface area contributed by atoms with Gasteiger partial charge in [0.05, 0.1) is 13.2 Å². The molecule has 1 heterocycles. The number of sulfonamides is 1. The maximum absolute atomic E-state index is 12.5. The van der Waals surface area contributed by atoms with Crippen molar-refractivity contribution in [2.75, 3.05) is 47.6 Å². The Bertz CT molecular complexity index is 497. The minimum Gasteiger partial charge on any atom is -0.383 e. The largest absolute Gasteiger partial charge is 0.383 e. The van der Waals surface area contributed by atoms with E-state index in [-0.39, 0.29) is 18.1 Å². The number of pyridine rings is 1. The zero-order valence-electron chi connectivity index (χ0n) is 12.7. The van der Waals surface area contributed by atoms with Gasteiger partial charge in [0, 0.05) is 40.1 Å². The Balaban J connectivity index is 2.92. The standard InChI is InChI=1S/C13H23N3O4S/c1-14-10-12-4-5-13(15-11-12)21(17,18)16(6-8-19-2)7-9-20-3/h4-5,11,14H,6-10H2,1-3H3. The van der Waals surface area contributed by atoms with E-state index >= 15 is 0 Å². The van der Waals surface area contributed by atoms with Crippen LogP contribution in [0.5, 0.6) is 0 Å². The van der Waals surface area contributed by atoms with Gasteiger partial charge in [-0.3, -0.25) is 0 Å². The minimum absolute atomic E-state index is 0.0366. The first-order chi connectivity index (χ1) is 10.1. The molecule has 0 saturated carbocycles. The predicted octanol–water partition coefficient (Wildman–Crippen LogP) is 0.0845. The van der Waals surface area contributed by atoms with E-state index in [1.165, 1.54) is 24.6 Å². The van der Waals surface area contributed by atoms with Gasteiger partial charge in [-0.2, -0.15) is 4.31 Å². The first-order valence-corrected chi connectivity index (χ1v) is 8.07. The molecule has 0 aliphatic carbocycles. The van der Waals surface area contributed by atoms with Crippen LogP contribution in [0.1, 0.15) is 5.56 Å². The second-order valence-electron chi connectivity index (χ2n) is 4.42. The summed E-state index contributed by atoms with van der Waals surface area (Å²) in [5.41, 5.74) is 0.928. The van der Waals surface area contributed by atoms with Crippen molar-refractivity contribution in [1.29, 1.82) is 0 Å². The van der Waals surface area contributed by atoms with Gasteiger partial charge in [-0.1, -0.05) is 6.07 Å². The molecule has 1 aromatic heterocycles. The average molecular weight is 317 g/mol. The third kappa shape index (κ3) is 5.33. The summed E-state index contributed by atoms with van der Waals surface area (Å²) < 4.78 is 36.3. The summed E-state index contributed by atoms with van der Waals surface area (Å²) in [5.74, 6) is 0. The first-order valence-electron chi connectivity index (χ1n) is 6.63. The number of hydrogen-bond donors (Lipinski definition) is 1. The van der Waals surface area contributed by atoms with Crippen LogP contribution in [-0.4, -0.2) is 65.3 Å². The Morgan fingerprint density at radius 3 is 2.24 bits per heavy atom. The van der Waals surface area contributed by atoms with Gasteiger partial charge in [0.25, 0.3) is 10.0 Å². The number of nitrogens with one attached hydrogen (secondary N) is 1. The SMILES string of the molecule is CNCc1ccc(S(=O)(=O)N(CCOC)CCOC)nc1. The van der Waals surface area contributed by atoms with E-state index in [0.29, 0.717) is 19.8 Å². The molecule has 0 fully saturated rings. The third-order valence-electron chi connectivity index (χ3n) is 2.87. The lowest BCUT2D eigenvalue weighted by atomic mass is 10.3. The molecule has 0 bridgehead atoms. The molecule has 0 unspecified atom stereocenters. The summed E-state index contributed by atoms with van der Waals surface area (Å²) in [5, 5.41) is 3.02. The summed E-state index contributed by atoms with van der Waals surface area (Å²) in [6.45, 7) is 1.82. The van der Waals surface area contributed by atoms with Gasteiger partial charge in [0.15, 0.2) is 5.03 Å². The highest BCUT2D eigenvalue weighted by atomic mass is 32.2. The van der Waals surface area contributed by atoms with Crippen LogP contribution >= 0.6 is 0 Å². The van der Waals surface area contributed by atoms with Gasteiger partial charge in [0.2, 0.25) is 0 Å². The normalized spacial score (nSPS) is 12.0. The molecule has 1 aromatic rings. The summed E-state index contributed by atoms with van der Waals surface area (Å²) in [7, 11) is 1.25. The number of nitrogens with zero attached hydrogens (tertiary/aromatic N) is 2. The molecule has 0 amide bonds. The maximum atomic E-state index is 12.5. The Morgan fingerprint density at radius 2 is 1.81 bits per heavy atom. The number of hydrogen-bond acceptors (Lipinski definition) is 6. The monoisotopic (exact) mass is 317 g/mol. The van der Waals surface area contributed by atoms with Gasteiger partial charge in [-0.05, 0) is 18.7 Å².